The molecule has 0 amide bonds. The Morgan fingerprint density at radius 2 is 2.00 bits per heavy atom. The zero-order chi connectivity index (χ0) is 11.8. The quantitative estimate of drug-likeness (QED) is 0.802. The molecule has 0 aromatic carbocycles. The fourth-order valence-electron chi connectivity index (χ4n) is 3.56. The van der Waals surface area contributed by atoms with Crippen molar-refractivity contribution in [2.24, 2.45) is 5.92 Å². The van der Waals surface area contributed by atoms with Gasteiger partial charge in [0.2, 0.25) is 0 Å². The number of hydrogen-bond acceptors (Lipinski definition) is 2. The van der Waals surface area contributed by atoms with Crippen molar-refractivity contribution in [2.45, 2.75) is 64.0 Å². The fraction of sp³-hybridized carbons (Fsp3) is 0.923. The Hall–Kier alpha value is -0.570. The summed E-state index contributed by atoms with van der Waals surface area (Å²) in [6, 6.07) is 0.436. The molecule has 1 N–H and O–H groups in total. The highest BCUT2D eigenvalue weighted by Gasteiger charge is 2.46. The summed E-state index contributed by atoms with van der Waals surface area (Å²) in [6.07, 6.45) is 7.05. The highest BCUT2D eigenvalue weighted by molar-refractivity contribution is 5.78. The second kappa shape index (κ2) is 4.36. The van der Waals surface area contributed by atoms with Crippen molar-refractivity contribution in [3.63, 3.8) is 0 Å². The predicted molar refractivity (Wildman–Crippen MR) is 63.4 cm³/mol. The standard InChI is InChI=1S/C13H23NO2/c1-10(11-6-3-4-7-11)14-9-5-8-13(14,2)12(15)16/h10-11H,3-9H2,1-2H3,(H,15,16). The van der Waals surface area contributed by atoms with Crippen LogP contribution in [0.15, 0.2) is 0 Å². The third-order valence-electron chi connectivity index (χ3n) is 4.73. The zero-order valence-electron chi connectivity index (χ0n) is 10.4. The van der Waals surface area contributed by atoms with E-state index in [-0.39, 0.29) is 0 Å². The largest absolute Gasteiger partial charge is 0.480 e. The third-order valence-corrected chi connectivity index (χ3v) is 4.73. The van der Waals surface area contributed by atoms with Crippen LogP contribution in [0.4, 0.5) is 0 Å². The number of hydrogen-bond donors (Lipinski definition) is 1. The average Bonchev–Trinajstić information content (AvgIpc) is 2.85. The number of likely N-dealkylation sites (tertiary alicyclic amines) is 1. The molecule has 3 heteroatoms. The summed E-state index contributed by atoms with van der Waals surface area (Å²) >= 11 is 0. The zero-order valence-corrected chi connectivity index (χ0v) is 10.4. The summed E-state index contributed by atoms with van der Waals surface area (Å²) in [7, 11) is 0. The van der Waals surface area contributed by atoms with Crippen LogP contribution < -0.4 is 0 Å². The minimum atomic E-state index is -0.644. The lowest BCUT2D eigenvalue weighted by atomic mass is 9.92. The summed E-state index contributed by atoms with van der Waals surface area (Å²) in [5.41, 5.74) is -0.609. The van der Waals surface area contributed by atoms with Gasteiger partial charge in [-0.3, -0.25) is 9.69 Å². The highest BCUT2D eigenvalue weighted by Crippen LogP contribution is 2.37. The summed E-state index contributed by atoms with van der Waals surface area (Å²) in [6.45, 7) is 5.08. The summed E-state index contributed by atoms with van der Waals surface area (Å²) in [5.74, 6) is 0.0756. The van der Waals surface area contributed by atoms with Gasteiger partial charge in [-0.05, 0) is 52.0 Å². The van der Waals surface area contributed by atoms with Crippen molar-refractivity contribution in [2.75, 3.05) is 6.54 Å². The molecule has 2 atom stereocenters. The molecule has 1 aliphatic carbocycles. The molecule has 2 rings (SSSR count). The van der Waals surface area contributed by atoms with E-state index in [0.29, 0.717) is 6.04 Å². The summed E-state index contributed by atoms with van der Waals surface area (Å²) in [4.78, 5) is 13.7. The normalized spacial score (nSPS) is 34.4. The lowest BCUT2D eigenvalue weighted by molar-refractivity contribution is -0.150. The molecule has 0 spiro atoms. The molecule has 3 nitrogen and oxygen atoms in total. The molecule has 2 unspecified atom stereocenters. The lowest BCUT2D eigenvalue weighted by Gasteiger charge is -2.38. The van der Waals surface area contributed by atoms with Crippen LogP contribution in [0.1, 0.15) is 52.4 Å². The van der Waals surface area contributed by atoms with E-state index < -0.39 is 11.5 Å². The molecule has 1 heterocycles. The number of carboxylic acids is 1. The highest BCUT2D eigenvalue weighted by atomic mass is 16.4. The second-order valence-corrected chi connectivity index (χ2v) is 5.66. The molecule has 92 valence electrons. The molecule has 0 aromatic rings. The van der Waals surface area contributed by atoms with Crippen molar-refractivity contribution in [3.05, 3.63) is 0 Å². The molecule has 1 saturated heterocycles. The Morgan fingerprint density at radius 3 is 2.56 bits per heavy atom. The van der Waals surface area contributed by atoms with Crippen LogP contribution in [-0.2, 0) is 4.79 Å². The van der Waals surface area contributed by atoms with Gasteiger partial charge in [-0.1, -0.05) is 12.8 Å². The van der Waals surface area contributed by atoms with E-state index >= 15 is 0 Å². The minimum Gasteiger partial charge on any atom is -0.480 e. The molecule has 1 aliphatic heterocycles. The molecule has 0 bridgehead atoms. The van der Waals surface area contributed by atoms with Gasteiger partial charge >= 0.3 is 5.97 Å². The van der Waals surface area contributed by atoms with Crippen LogP contribution in [-0.4, -0.2) is 34.1 Å². The van der Waals surface area contributed by atoms with E-state index in [2.05, 4.69) is 11.8 Å². The average molecular weight is 225 g/mol. The Morgan fingerprint density at radius 1 is 1.38 bits per heavy atom. The summed E-state index contributed by atoms with van der Waals surface area (Å²) in [5, 5.41) is 9.39. The van der Waals surface area contributed by atoms with E-state index in [1.165, 1.54) is 25.7 Å². The molecular weight excluding hydrogens is 202 g/mol. The van der Waals surface area contributed by atoms with Gasteiger partial charge in [-0.15, -0.1) is 0 Å². The first-order chi connectivity index (χ1) is 7.55. The van der Waals surface area contributed by atoms with E-state index in [1.807, 2.05) is 6.92 Å². The van der Waals surface area contributed by atoms with Gasteiger partial charge in [-0.25, -0.2) is 0 Å². The van der Waals surface area contributed by atoms with Crippen LogP contribution in [0.2, 0.25) is 0 Å². The van der Waals surface area contributed by atoms with Crippen molar-refractivity contribution in [1.29, 1.82) is 0 Å². The molecule has 2 fully saturated rings. The van der Waals surface area contributed by atoms with Crippen LogP contribution in [0.3, 0.4) is 0 Å². The number of rotatable bonds is 3. The van der Waals surface area contributed by atoms with Crippen LogP contribution in [0.5, 0.6) is 0 Å². The number of carbonyl (C=O) groups is 1. The van der Waals surface area contributed by atoms with Crippen LogP contribution >= 0.6 is 0 Å². The van der Waals surface area contributed by atoms with E-state index in [4.69, 9.17) is 0 Å². The van der Waals surface area contributed by atoms with Crippen LogP contribution in [0, 0.1) is 5.92 Å². The van der Waals surface area contributed by atoms with Gasteiger partial charge in [0.05, 0.1) is 0 Å². The molecule has 2 aliphatic rings. The topological polar surface area (TPSA) is 40.5 Å². The van der Waals surface area contributed by atoms with E-state index in [9.17, 15) is 9.90 Å². The fourth-order valence-corrected chi connectivity index (χ4v) is 3.56. The summed E-state index contributed by atoms with van der Waals surface area (Å²) < 4.78 is 0. The SMILES string of the molecule is CC(C1CCCC1)N1CCCC1(C)C(=O)O. The third kappa shape index (κ3) is 1.86. The van der Waals surface area contributed by atoms with Gasteiger partial charge in [-0.2, -0.15) is 0 Å². The second-order valence-electron chi connectivity index (χ2n) is 5.66. The maximum atomic E-state index is 11.4. The number of nitrogens with zero attached hydrogens (tertiary/aromatic N) is 1. The first-order valence-corrected chi connectivity index (χ1v) is 6.56. The van der Waals surface area contributed by atoms with Gasteiger partial charge < -0.3 is 5.11 Å². The Kier molecular flexibility index (Phi) is 3.24. The van der Waals surface area contributed by atoms with Gasteiger partial charge in [0.1, 0.15) is 5.54 Å². The van der Waals surface area contributed by atoms with Crippen molar-refractivity contribution in [1.82, 2.24) is 4.90 Å². The first-order valence-electron chi connectivity index (χ1n) is 6.56. The maximum Gasteiger partial charge on any atom is 0.323 e. The predicted octanol–water partition coefficient (Wildman–Crippen LogP) is 2.50. The van der Waals surface area contributed by atoms with Gasteiger partial charge in [0.25, 0.3) is 0 Å². The lowest BCUT2D eigenvalue weighted by Crippen LogP contribution is -2.53. The monoisotopic (exact) mass is 225 g/mol. The Balaban J connectivity index is 2.10. The molecule has 0 aromatic heterocycles. The van der Waals surface area contributed by atoms with Crippen molar-refractivity contribution in [3.8, 4) is 0 Å². The van der Waals surface area contributed by atoms with E-state index in [0.717, 1.165) is 25.3 Å². The molecule has 16 heavy (non-hydrogen) atoms. The smallest absolute Gasteiger partial charge is 0.323 e. The first kappa shape index (κ1) is 11.9. The van der Waals surface area contributed by atoms with E-state index in [1.54, 1.807) is 0 Å². The van der Waals surface area contributed by atoms with Crippen molar-refractivity contribution < 1.29 is 9.90 Å². The minimum absolute atomic E-state index is 0.436. The maximum absolute atomic E-state index is 11.4. The molecule has 0 radical (unpaired) electrons. The van der Waals surface area contributed by atoms with Gasteiger partial charge in [0, 0.05) is 6.04 Å². The van der Waals surface area contributed by atoms with Crippen LogP contribution in [0.25, 0.3) is 0 Å². The number of carboxylic acid groups (broad SMARTS) is 1. The Labute approximate surface area is 97.8 Å². The molecule has 1 saturated carbocycles. The van der Waals surface area contributed by atoms with Gasteiger partial charge in [0.15, 0.2) is 0 Å². The van der Waals surface area contributed by atoms with Crippen molar-refractivity contribution >= 4 is 5.97 Å². The molecular formula is C13H23NO2. The Bertz CT molecular complexity index is 273. The number of aliphatic carboxylic acids is 1.